The molecular weight excluding hydrogens is 573 g/mol. The summed E-state index contributed by atoms with van der Waals surface area (Å²) in [4.78, 5) is 38.9. The van der Waals surface area contributed by atoms with Crippen molar-refractivity contribution in [1.82, 2.24) is 29.7 Å². The van der Waals surface area contributed by atoms with E-state index in [2.05, 4.69) is 52.8 Å². The molecule has 1 atom stereocenters. The van der Waals surface area contributed by atoms with E-state index in [-0.39, 0.29) is 24.0 Å². The molecule has 0 amide bonds. The quantitative estimate of drug-likeness (QED) is 0.151. The van der Waals surface area contributed by atoms with Crippen LogP contribution in [0.3, 0.4) is 0 Å². The number of nitrogens with zero attached hydrogens (tertiary/aromatic N) is 4. The summed E-state index contributed by atoms with van der Waals surface area (Å²) in [6.45, 7) is 11.1. The van der Waals surface area contributed by atoms with E-state index in [0.717, 1.165) is 25.7 Å². The van der Waals surface area contributed by atoms with Crippen molar-refractivity contribution in [2.24, 2.45) is 11.8 Å². The van der Waals surface area contributed by atoms with Gasteiger partial charge in [0, 0.05) is 0 Å². The number of imidazole rings is 1. The van der Waals surface area contributed by atoms with Crippen LogP contribution in [0.25, 0.3) is 11.2 Å². The van der Waals surface area contributed by atoms with E-state index in [0.29, 0.717) is 56.6 Å². The number of nitrogens with one attached hydrogen (secondary N) is 2. The van der Waals surface area contributed by atoms with E-state index in [9.17, 15) is 14.2 Å². The van der Waals surface area contributed by atoms with Gasteiger partial charge in [0.15, 0.2) is 11.5 Å². The maximum absolute atomic E-state index is 14.6. The van der Waals surface area contributed by atoms with Crippen LogP contribution >= 0.6 is 7.44 Å². The summed E-state index contributed by atoms with van der Waals surface area (Å²) >= 11 is 0. The summed E-state index contributed by atoms with van der Waals surface area (Å²) in [7, 11) is -3.66. The molecule has 2 aromatic rings. The fourth-order valence-corrected chi connectivity index (χ4v) is 7.73. The summed E-state index contributed by atoms with van der Waals surface area (Å²) < 4.78 is 33.8. The highest BCUT2D eigenvalue weighted by Gasteiger charge is 2.60. The van der Waals surface area contributed by atoms with Crippen LogP contribution in [0.1, 0.15) is 86.0 Å². The van der Waals surface area contributed by atoms with E-state index < -0.39 is 36.6 Å². The molecule has 2 aromatic heterocycles. The number of anilines is 1. The first-order chi connectivity index (χ1) is 20.5. The smallest absolute Gasteiger partial charge is 0.326 e. The molecule has 0 bridgehead atoms. The number of fused-ring (bicyclic) bond motifs is 1. The minimum absolute atomic E-state index is 0.249. The number of hydrogen-bond donors (Lipinski definition) is 3. The minimum Gasteiger partial charge on any atom is -0.464 e. The zero-order valence-corrected chi connectivity index (χ0v) is 27.0. The predicted octanol–water partition coefficient (Wildman–Crippen LogP) is 4.17. The third-order valence-corrected chi connectivity index (χ3v) is 10.8. The van der Waals surface area contributed by atoms with Gasteiger partial charge >= 0.3 is 11.9 Å². The van der Waals surface area contributed by atoms with Gasteiger partial charge in [0.25, 0.3) is 0 Å². The van der Waals surface area contributed by atoms with Gasteiger partial charge in [-0.2, -0.15) is 0 Å². The largest absolute Gasteiger partial charge is 0.464 e. The van der Waals surface area contributed by atoms with Crippen molar-refractivity contribution >= 4 is 36.4 Å². The summed E-state index contributed by atoms with van der Waals surface area (Å²) in [5, 5.41) is 6.22. The van der Waals surface area contributed by atoms with Gasteiger partial charge in [-0.25, -0.2) is 25.1 Å². The van der Waals surface area contributed by atoms with Crippen LogP contribution in [0.4, 0.5) is 5.82 Å². The molecule has 0 radical (unpaired) electrons. The normalized spacial score (nSPS) is 17.7. The third kappa shape index (κ3) is 8.12. The maximum atomic E-state index is 14.6. The van der Waals surface area contributed by atoms with Gasteiger partial charge in [0.1, 0.15) is 29.3 Å². The lowest BCUT2D eigenvalue weighted by Crippen LogP contribution is -2.48. The highest BCUT2D eigenvalue weighted by atomic mass is 31.2. The Morgan fingerprint density at radius 3 is 1.91 bits per heavy atom. The number of nitrogen functional groups attached to an aromatic ring is 1. The third-order valence-electron chi connectivity index (χ3n) is 8.70. The van der Waals surface area contributed by atoms with Gasteiger partial charge in [-0.1, -0.05) is 53.4 Å². The van der Waals surface area contributed by atoms with E-state index in [1.807, 2.05) is 6.92 Å². The molecule has 0 unspecified atom stereocenters. The van der Waals surface area contributed by atoms with E-state index >= 15 is 0 Å². The van der Waals surface area contributed by atoms with Crippen LogP contribution in [-0.2, 0) is 34.9 Å². The molecule has 0 spiro atoms. The molecule has 0 aliphatic heterocycles. The minimum atomic E-state index is -3.66. The van der Waals surface area contributed by atoms with Crippen LogP contribution < -0.4 is 15.9 Å². The summed E-state index contributed by atoms with van der Waals surface area (Å²) in [5.74, 6) is -0.0101. The van der Waals surface area contributed by atoms with Crippen molar-refractivity contribution in [3.8, 4) is 0 Å². The molecule has 2 aliphatic carbocycles. The second-order valence-corrected chi connectivity index (χ2v) is 14.3. The summed E-state index contributed by atoms with van der Waals surface area (Å²) in [6.07, 6.45) is 7.90. The molecule has 2 saturated carbocycles. The first-order valence-electron chi connectivity index (χ1n) is 15.6. The van der Waals surface area contributed by atoms with Crippen molar-refractivity contribution in [2.45, 2.75) is 110 Å². The molecule has 4 rings (SSSR count). The molecule has 14 heteroatoms. The zero-order chi connectivity index (χ0) is 31.3. The monoisotopic (exact) mass is 621 g/mol. The second kappa shape index (κ2) is 14.0. The van der Waals surface area contributed by atoms with Gasteiger partial charge in [0.2, 0.25) is 7.44 Å². The molecule has 4 N–H and O–H groups in total. The van der Waals surface area contributed by atoms with Crippen LogP contribution in [0.5, 0.6) is 0 Å². The fourth-order valence-electron chi connectivity index (χ4n) is 5.06. The maximum Gasteiger partial charge on any atom is 0.326 e. The van der Waals surface area contributed by atoms with Crippen molar-refractivity contribution in [3.63, 3.8) is 0 Å². The number of nitrogens with two attached hydrogens (primary N) is 1. The highest BCUT2D eigenvalue weighted by molar-refractivity contribution is 7.59. The average molecular weight is 622 g/mol. The van der Waals surface area contributed by atoms with Gasteiger partial charge in [0.05, 0.1) is 32.2 Å². The topological polar surface area (TPSA) is 173 Å². The predicted molar refractivity (Wildman–Crippen MR) is 163 cm³/mol. The summed E-state index contributed by atoms with van der Waals surface area (Å²) in [6, 6.07) is 0. The molecule has 43 heavy (non-hydrogen) atoms. The Morgan fingerprint density at radius 1 is 0.930 bits per heavy atom. The molecule has 2 fully saturated rings. The lowest BCUT2D eigenvalue weighted by molar-refractivity contribution is -0.148. The molecule has 13 nitrogen and oxygen atoms in total. The Balaban J connectivity index is 1.47. The number of carbonyl (C=O) groups excluding carboxylic acids is 2. The zero-order valence-electron chi connectivity index (χ0n) is 26.1. The van der Waals surface area contributed by atoms with E-state index in [4.69, 9.17) is 19.9 Å². The standard InChI is InChI=1S/C29H48N7O6P/c1-6-21(7-2)15-40-26(37)28(10-11-28)34-43(39,35-29(12-13-29)27(38)41-16-22(8-3)9-4)19-42-20(5)14-36-18-33-23-24(30)31-17-32-25(23)36/h17-18,20-22H,6-16,19H2,1-5H3,(H2,30,31,32)(H2,34,35,39)/t20-/m1/s1. The number of carbonyl (C=O) groups is 2. The molecule has 240 valence electrons. The SMILES string of the molecule is CCC(CC)COC(=O)C1(NP(=O)(CO[C@H](C)Cn2cnc3c(N)ncnc32)NC2(C(=O)OCC(CC)CC)CC2)CC1. The number of aromatic nitrogens is 4. The van der Waals surface area contributed by atoms with Gasteiger partial charge in [-0.05, 0) is 44.4 Å². The Bertz CT molecular complexity index is 1250. The van der Waals surface area contributed by atoms with Gasteiger partial charge < -0.3 is 24.5 Å². The number of rotatable bonds is 19. The number of esters is 2. The van der Waals surface area contributed by atoms with Crippen LogP contribution in [0.2, 0.25) is 0 Å². The Labute approximate surface area is 253 Å². The first-order valence-corrected chi connectivity index (χ1v) is 17.5. The van der Waals surface area contributed by atoms with Crippen LogP contribution in [0, 0.1) is 11.8 Å². The molecule has 2 aliphatic rings. The van der Waals surface area contributed by atoms with Gasteiger partial charge in [-0.3, -0.25) is 14.2 Å². The van der Waals surface area contributed by atoms with Crippen LogP contribution in [0.15, 0.2) is 12.7 Å². The number of hydrogen-bond acceptors (Lipinski definition) is 10. The fraction of sp³-hybridized carbons (Fsp3) is 0.759. The van der Waals surface area contributed by atoms with Crippen molar-refractivity contribution in [1.29, 1.82) is 0 Å². The van der Waals surface area contributed by atoms with Crippen molar-refractivity contribution in [2.75, 3.05) is 25.3 Å². The lowest BCUT2D eigenvalue weighted by atomic mass is 10.1. The molecule has 0 aromatic carbocycles. The van der Waals surface area contributed by atoms with Crippen LogP contribution in [-0.4, -0.2) is 68.2 Å². The summed E-state index contributed by atoms with van der Waals surface area (Å²) in [5.41, 5.74) is 4.82. The average Bonchev–Trinajstić information content (AvgIpc) is 3.91. The van der Waals surface area contributed by atoms with E-state index in [1.165, 1.54) is 6.33 Å². The Kier molecular flexibility index (Phi) is 10.8. The molecular formula is C29H48N7O6P. The Hall–Kier alpha value is -2.60. The number of ether oxygens (including phenoxy) is 3. The van der Waals surface area contributed by atoms with Gasteiger partial charge in [-0.15, -0.1) is 0 Å². The molecule has 0 saturated heterocycles. The Morgan fingerprint density at radius 2 is 1.44 bits per heavy atom. The van der Waals surface area contributed by atoms with Crippen molar-refractivity contribution < 1.29 is 28.4 Å². The first kappa shape index (κ1) is 33.3. The van der Waals surface area contributed by atoms with Crippen molar-refractivity contribution in [3.05, 3.63) is 12.7 Å². The molecule has 2 heterocycles. The lowest BCUT2D eigenvalue weighted by Gasteiger charge is -2.30. The highest BCUT2D eigenvalue weighted by Crippen LogP contribution is 2.53. The van der Waals surface area contributed by atoms with E-state index in [1.54, 1.807) is 10.9 Å². The second-order valence-electron chi connectivity index (χ2n) is 12.1.